The van der Waals surface area contributed by atoms with Gasteiger partial charge in [0.05, 0.1) is 50.3 Å². The van der Waals surface area contributed by atoms with E-state index in [9.17, 15) is 32.2 Å². The van der Waals surface area contributed by atoms with Gasteiger partial charge in [0, 0.05) is 6.54 Å². The van der Waals surface area contributed by atoms with E-state index in [0.29, 0.717) is 24.3 Å². The van der Waals surface area contributed by atoms with Gasteiger partial charge in [-0.2, -0.15) is 4.31 Å². The number of carbonyl (C=O) groups is 4. The summed E-state index contributed by atoms with van der Waals surface area (Å²) < 4.78 is 101. The van der Waals surface area contributed by atoms with Crippen LogP contribution in [0.5, 0.6) is 17.2 Å². The van der Waals surface area contributed by atoms with Gasteiger partial charge in [-0.15, -0.1) is 0 Å². The number of hydrogen-bond acceptors (Lipinski definition) is 17. The molecule has 2 fully saturated rings. The van der Waals surface area contributed by atoms with Crippen molar-refractivity contribution in [2.75, 3.05) is 46.4 Å². The topological polar surface area (TPSA) is 239 Å². The normalized spacial score (nSPS) is 19.3. The van der Waals surface area contributed by atoms with Crippen LogP contribution in [0.25, 0.3) is 0 Å². The molecular weight excluding hydrogens is 978 g/mol. The molecule has 1 unspecified atom stereocenters. The van der Waals surface area contributed by atoms with Gasteiger partial charge in [-0.05, 0) is 113 Å². The van der Waals surface area contributed by atoms with Crippen molar-refractivity contribution in [3.63, 3.8) is 0 Å². The Hall–Kier alpha value is -5.44. The van der Waals surface area contributed by atoms with E-state index in [-0.39, 0.29) is 54.4 Å². The number of ether oxygens (including phenoxy) is 8. The zero-order valence-corrected chi connectivity index (χ0v) is 44.3. The molecule has 72 heavy (non-hydrogen) atoms. The largest absolute Gasteiger partial charge is 0.497 e. The maximum atomic E-state index is 14.6. The minimum absolute atomic E-state index is 0.0298. The number of para-hydroxylation sites is 1. The average molecular weight is 1050 g/mol. The Kier molecular flexibility index (Phi) is 20.7. The maximum absolute atomic E-state index is 14.6. The summed E-state index contributed by atoms with van der Waals surface area (Å²) in [6.45, 7) is 15.2. The van der Waals surface area contributed by atoms with Gasteiger partial charge in [-0.1, -0.05) is 58.0 Å². The first kappa shape index (κ1) is 57.5. The molecule has 8 atom stereocenters. The van der Waals surface area contributed by atoms with E-state index in [0.717, 1.165) is 0 Å². The molecule has 2 heterocycles. The monoisotopic (exact) mass is 1050 g/mol. The summed E-state index contributed by atoms with van der Waals surface area (Å²) in [7, 11) is -7.04. The summed E-state index contributed by atoms with van der Waals surface area (Å²) in [5.41, 5.74) is -0.360. The number of rotatable bonds is 25. The van der Waals surface area contributed by atoms with Gasteiger partial charge in [-0.3, -0.25) is 4.52 Å². The van der Waals surface area contributed by atoms with Crippen LogP contribution in [0.4, 0.5) is 9.59 Å². The zero-order valence-electron chi connectivity index (χ0n) is 42.6. The van der Waals surface area contributed by atoms with Gasteiger partial charge in [0.2, 0.25) is 16.4 Å². The van der Waals surface area contributed by atoms with E-state index >= 15 is 0 Å². The Bertz CT molecular complexity index is 2400. The van der Waals surface area contributed by atoms with Crippen LogP contribution in [-0.2, 0) is 63.5 Å². The van der Waals surface area contributed by atoms with Crippen molar-refractivity contribution in [3.8, 4) is 17.2 Å². The van der Waals surface area contributed by atoms with Crippen molar-refractivity contribution >= 4 is 41.7 Å². The lowest BCUT2D eigenvalue weighted by atomic mass is 10.00. The van der Waals surface area contributed by atoms with Crippen LogP contribution in [0.1, 0.15) is 74.3 Å². The fourth-order valence-electron chi connectivity index (χ4n) is 7.72. The van der Waals surface area contributed by atoms with Crippen LogP contribution in [0.15, 0.2) is 83.8 Å². The van der Waals surface area contributed by atoms with Gasteiger partial charge in [0.15, 0.2) is 12.4 Å². The number of sulfonamides is 1. The minimum atomic E-state index is -4.31. The first-order valence-corrected chi connectivity index (χ1v) is 27.1. The smallest absolute Gasteiger partial charge is 0.417 e. The molecule has 22 heteroatoms. The molecule has 0 spiro atoms. The highest BCUT2D eigenvalue weighted by Gasteiger charge is 2.45. The SMILES string of the molecule is CCOC(=O)[C@H](C)OP(=O)(COc1ccc(C[C@H](NC(=O)O[C@H]2CO[C@H]3OCC[C@H]32)[C@@H](CN(CC(C)C)S(=O)(=O)c2ccc(OC)cc2)OC(=O)[C@@H](NC(=O)OC(C)(C)C)C(C)C)cc1)Oc1ccccc1. The highest BCUT2D eigenvalue weighted by atomic mass is 32.2. The van der Waals surface area contributed by atoms with E-state index in [1.807, 2.05) is 13.8 Å². The quantitative estimate of drug-likeness (QED) is 0.0475. The van der Waals surface area contributed by atoms with Crippen molar-refractivity contribution in [1.82, 2.24) is 14.9 Å². The number of carbonyl (C=O) groups excluding carboxylic acids is 4. The number of nitrogens with one attached hydrogen (secondary N) is 2. The second kappa shape index (κ2) is 26.0. The molecule has 3 aromatic carbocycles. The van der Waals surface area contributed by atoms with Gasteiger partial charge in [-0.25, -0.2) is 32.2 Å². The Morgan fingerprint density at radius 3 is 2.11 bits per heavy atom. The lowest BCUT2D eigenvalue weighted by Gasteiger charge is -2.34. The summed E-state index contributed by atoms with van der Waals surface area (Å²) in [6, 6.07) is 18.0. The van der Waals surface area contributed by atoms with Crippen LogP contribution in [-0.4, -0.2) is 126 Å². The second-order valence-corrected chi connectivity index (χ2v) is 22.9. The van der Waals surface area contributed by atoms with Gasteiger partial charge >= 0.3 is 31.7 Å². The fraction of sp³-hybridized carbons (Fsp3) is 0.560. The third-order valence-electron chi connectivity index (χ3n) is 11.2. The fourth-order valence-corrected chi connectivity index (χ4v) is 10.8. The maximum Gasteiger partial charge on any atom is 0.417 e. The molecule has 2 N–H and O–H groups in total. The molecule has 20 nitrogen and oxygen atoms in total. The Labute approximate surface area is 422 Å². The van der Waals surface area contributed by atoms with Crippen molar-refractivity contribution < 1.29 is 79.1 Å². The summed E-state index contributed by atoms with van der Waals surface area (Å²) in [5.74, 6) is -1.80. The van der Waals surface area contributed by atoms with Gasteiger partial charge < -0.3 is 53.1 Å². The van der Waals surface area contributed by atoms with Crippen molar-refractivity contribution in [2.24, 2.45) is 17.8 Å². The number of nitrogens with zero attached hydrogens (tertiary/aromatic N) is 1. The number of alkyl carbamates (subject to hydrolysis) is 2. The number of methoxy groups -OCH3 is 1. The Balaban J connectivity index is 1.51. The van der Waals surface area contributed by atoms with Gasteiger partial charge in [0.1, 0.15) is 41.1 Å². The first-order chi connectivity index (χ1) is 34.0. The molecule has 0 radical (unpaired) electrons. The molecule has 3 aromatic rings. The molecule has 2 amide bonds. The van der Waals surface area contributed by atoms with Crippen molar-refractivity contribution in [2.45, 2.75) is 122 Å². The Morgan fingerprint density at radius 2 is 1.50 bits per heavy atom. The third kappa shape index (κ3) is 17.1. The van der Waals surface area contributed by atoms with E-state index in [1.165, 1.54) is 42.6 Å². The predicted molar refractivity (Wildman–Crippen MR) is 263 cm³/mol. The molecule has 2 aliphatic heterocycles. The molecule has 0 bridgehead atoms. The summed E-state index contributed by atoms with van der Waals surface area (Å²) in [5, 5.41) is 5.48. The highest BCUT2D eigenvalue weighted by Crippen LogP contribution is 2.49. The molecule has 0 saturated carbocycles. The number of esters is 2. The zero-order chi connectivity index (χ0) is 52.8. The molecule has 2 aliphatic rings. The van der Waals surface area contributed by atoms with Gasteiger partial charge in [0.25, 0.3) is 0 Å². The van der Waals surface area contributed by atoms with E-state index in [2.05, 4.69) is 10.6 Å². The third-order valence-corrected chi connectivity index (χ3v) is 14.6. The molecule has 398 valence electrons. The first-order valence-electron chi connectivity index (χ1n) is 23.9. The standard InChI is InChI=1S/C50H70N3O17PS/c1-11-62-45(54)34(6)69-71(58,70-38-15-13-12-14-16-38)31-65-37-19-17-35(18-20-37)27-41(51-48(56)67-43-30-64-47-40(43)25-26-63-47)42(66-46(55)44(33(4)5)52-49(57)68-50(7,8)9)29-53(28-32(2)3)72(59,60)39-23-21-36(61-10)22-24-39/h12-24,32-34,40-44,47H,11,25-31H2,1-10H3,(H,51,56)(H,52,57)/t34-,40-,41-,42+,43-,44-,47+,71?/m0/s1. The van der Waals surface area contributed by atoms with Crippen LogP contribution in [0.3, 0.4) is 0 Å². The number of hydrogen-bond donors (Lipinski definition) is 2. The minimum Gasteiger partial charge on any atom is -0.497 e. The molecule has 2 saturated heterocycles. The van der Waals surface area contributed by atoms with E-state index < -0.39 is 103 Å². The number of amides is 2. The average Bonchev–Trinajstić information content (AvgIpc) is 3.94. The molecular formula is C50H70N3O17PS. The van der Waals surface area contributed by atoms with Crippen LogP contribution < -0.4 is 24.6 Å². The molecule has 5 rings (SSSR count). The van der Waals surface area contributed by atoms with Crippen molar-refractivity contribution in [1.29, 1.82) is 0 Å². The summed E-state index contributed by atoms with van der Waals surface area (Å²) in [4.78, 5) is 54.0. The summed E-state index contributed by atoms with van der Waals surface area (Å²) >= 11 is 0. The van der Waals surface area contributed by atoms with Crippen molar-refractivity contribution in [3.05, 3.63) is 84.4 Å². The second-order valence-electron chi connectivity index (χ2n) is 19.1. The van der Waals surface area contributed by atoms with E-state index in [4.69, 9.17) is 46.9 Å². The predicted octanol–water partition coefficient (Wildman–Crippen LogP) is 7.48. The number of fused-ring (bicyclic) bond motifs is 1. The highest BCUT2D eigenvalue weighted by molar-refractivity contribution is 7.89. The van der Waals surface area contributed by atoms with Crippen LogP contribution >= 0.6 is 7.60 Å². The lowest BCUT2D eigenvalue weighted by molar-refractivity contribution is -0.155. The summed E-state index contributed by atoms with van der Waals surface area (Å²) in [6.07, 6.45) is -5.76. The van der Waals surface area contributed by atoms with Crippen LogP contribution in [0, 0.1) is 17.8 Å². The van der Waals surface area contributed by atoms with E-state index in [1.54, 1.807) is 96.1 Å². The lowest BCUT2D eigenvalue weighted by Crippen LogP contribution is -2.55. The molecule has 0 aromatic heterocycles. The Morgan fingerprint density at radius 1 is 0.833 bits per heavy atom. The number of benzene rings is 3. The van der Waals surface area contributed by atoms with Crippen LogP contribution in [0.2, 0.25) is 0 Å². The molecule has 0 aliphatic carbocycles.